The molecular weight excluding hydrogens is 346 g/mol. The summed E-state index contributed by atoms with van der Waals surface area (Å²) in [4.78, 5) is 22.9. The van der Waals surface area contributed by atoms with E-state index in [0.29, 0.717) is 30.5 Å². The van der Waals surface area contributed by atoms with Crippen LogP contribution < -0.4 is 4.74 Å². The number of amides is 1. The first-order chi connectivity index (χ1) is 13.2. The molecule has 1 saturated heterocycles. The van der Waals surface area contributed by atoms with Gasteiger partial charge in [0.15, 0.2) is 5.82 Å². The second kappa shape index (κ2) is 7.48. The molecule has 0 N–H and O–H groups in total. The number of rotatable bonds is 4. The van der Waals surface area contributed by atoms with Crippen LogP contribution in [0.2, 0.25) is 0 Å². The third-order valence-electron chi connectivity index (χ3n) is 4.51. The molecule has 1 fully saturated rings. The van der Waals surface area contributed by atoms with Crippen LogP contribution in [-0.4, -0.2) is 60.2 Å². The Labute approximate surface area is 156 Å². The van der Waals surface area contributed by atoms with Gasteiger partial charge in [0.2, 0.25) is 0 Å². The molecule has 9 nitrogen and oxygen atoms in total. The lowest BCUT2D eigenvalue weighted by atomic mass is 10.1. The number of carbonyl (C=O) groups is 1. The minimum Gasteiger partial charge on any atom is -0.460 e. The molecule has 9 heteroatoms. The third kappa shape index (κ3) is 3.76. The maximum absolute atomic E-state index is 12.9. The smallest absolute Gasteiger partial charge is 0.316 e. The summed E-state index contributed by atoms with van der Waals surface area (Å²) in [6.45, 7) is 3.07. The SMILES string of the molecule is Cc1nnnn1-c1cccc(C(=O)N2CCC(Oc3ncccn3)CC2)c1. The number of nitrogens with zero attached hydrogens (tertiary/aromatic N) is 7. The maximum Gasteiger partial charge on any atom is 0.316 e. The van der Waals surface area contributed by atoms with Gasteiger partial charge in [-0.3, -0.25) is 4.79 Å². The van der Waals surface area contributed by atoms with E-state index in [9.17, 15) is 4.79 Å². The van der Waals surface area contributed by atoms with Crippen LogP contribution >= 0.6 is 0 Å². The van der Waals surface area contributed by atoms with E-state index in [4.69, 9.17) is 4.74 Å². The van der Waals surface area contributed by atoms with Gasteiger partial charge < -0.3 is 9.64 Å². The first kappa shape index (κ1) is 17.1. The Kier molecular flexibility index (Phi) is 4.73. The Hall–Kier alpha value is -3.36. The first-order valence-electron chi connectivity index (χ1n) is 8.79. The van der Waals surface area contributed by atoms with Crippen LogP contribution in [0.1, 0.15) is 29.0 Å². The number of carbonyl (C=O) groups excluding carboxylic acids is 1. The van der Waals surface area contributed by atoms with Gasteiger partial charge >= 0.3 is 6.01 Å². The highest BCUT2D eigenvalue weighted by Gasteiger charge is 2.25. The summed E-state index contributed by atoms with van der Waals surface area (Å²) in [5.74, 6) is 0.665. The second-order valence-electron chi connectivity index (χ2n) is 6.33. The molecule has 2 aromatic heterocycles. The van der Waals surface area contributed by atoms with Crippen LogP contribution in [0, 0.1) is 6.92 Å². The van der Waals surface area contributed by atoms with Crippen molar-refractivity contribution in [3.8, 4) is 11.7 Å². The highest BCUT2D eigenvalue weighted by atomic mass is 16.5. The van der Waals surface area contributed by atoms with Crippen molar-refractivity contribution < 1.29 is 9.53 Å². The van der Waals surface area contributed by atoms with Crippen molar-refractivity contribution in [2.24, 2.45) is 0 Å². The van der Waals surface area contributed by atoms with Crippen molar-refractivity contribution in [1.29, 1.82) is 0 Å². The zero-order valence-electron chi connectivity index (χ0n) is 14.9. The number of piperidine rings is 1. The van der Waals surface area contributed by atoms with Gasteiger partial charge in [0.1, 0.15) is 6.10 Å². The molecule has 0 unspecified atom stereocenters. The molecule has 1 aliphatic rings. The van der Waals surface area contributed by atoms with E-state index in [0.717, 1.165) is 18.5 Å². The zero-order valence-corrected chi connectivity index (χ0v) is 14.9. The largest absolute Gasteiger partial charge is 0.460 e. The average molecular weight is 365 g/mol. The topological polar surface area (TPSA) is 98.9 Å². The fourth-order valence-corrected chi connectivity index (χ4v) is 3.10. The van der Waals surface area contributed by atoms with Crippen molar-refractivity contribution in [2.75, 3.05) is 13.1 Å². The number of aromatic nitrogens is 6. The summed E-state index contributed by atoms with van der Waals surface area (Å²) in [6, 6.07) is 9.47. The number of ether oxygens (including phenoxy) is 1. The Morgan fingerprint density at radius 3 is 2.63 bits per heavy atom. The van der Waals surface area contributed by atoms with Gasteiger partial charge in [0, 0.05) is 43.9 Å². The lowest BCUT2D eigenvalue weighted by Gasteiger charge is -2.31. The third-order valence-corrected chi connectivity index (χ3v) is 4.51. The Morgan fingerprint density at radius 1 is 1.15 bits per heavy atom. The Morgan fingerprint density at radius 2 is 1.93 bits per heavy atom. The summed E-state index contributed by atoms with van der Waals surface area (Å²) in [5.41, 5.74) is 1.39. The molecule has 0 atom stereocenters. The van der Waals surface area contributed by atoms with Gasteiger partial charge in [0.25, 0.3) is 5.91 Å². The zero-order chi connectivity index (χ0) is 18.6. The number of likely N-dealkylation sites (tertiary alicyclic amines) is 1. The highest BCUT2D eigenvalue weighted by molar-refractivity contribution is 5.94. The summed E-state index contributed by atoms with van der Waals surface area (Å²) in [7, 11) is 0. The average Bonchev–Trinajstić information content (AvgIpc) is 3.15. The van der Waals surface area contributed by atoms with E-state index in [1.54, 1.807) is 23.1 Å². The molecule has 4 rings (SSSR count). The van der Waals surface area contributed by atoms with Gasteiger partial charge in [-0.15, -0.1) is 5.10 Å². The van der Waals surface area contributed by atoms with Crippen molar-refractivity contribution in [2.45, 2.75) is 25.9 Å². The molecule has 3 aromatic rings. The van der Waals surface area contributed by atoms with E-state index < -0.39 is 0 Å². The first-order valence-corrected chi connectivity index (χ1v) is 8.79. The lowest BCUT2D eigenvalue weighted by molar-refractivity contribution is 0.0578. The molecule has 1 aromatic carbocycles. The molecule has 3 heterocycles. The summed E-state index contributed by atoms with van der Waals surface area (Å²) < 4.78 is 7.39. The van der Waals surface area contributed by atoms with E-state index in [1.807, 2.05) is 36.1 Å². The van der Waals surface area contributed by atoms with E-state index in [-0.39, 0.29) is 12.0 Å². The monoisotopic (exact) mass is 365 g/mol. The van der Waals surface area contributed by atoms with Gasteiger partial charge in [0.05, 0.1) is 5.69 Å². The number of tetrazole rings is 1. The molecule has 0 bridgehead atoms. The van der Waals surface area contributed by atoms with Gasteiger partial charge in [-0.2, -0.15) is 4.68 Å². The second-order valence-corrected chi connectivity index (χ2v) is 6.33. The highest BCUT2D eigenvalue weighted by Crippen LogP contribution is 2.19. The van der Waals surface area contributed by atoms with Crippen LogP contribution in [0.25, 0.3) is 5.69 Å². The van der Waals surface area contributed by atoms with Crippen molar-refractivity contribution in [1.82, 2.24) is 35.1 Å². The minimum atomic E-state index is -0.00279. The number of hydrogen-bond donors (Lipinski definition) is 0. The number of aryl methyl sites for hydroxylation is 1. The van der Waals surface area contributed by atoms with Crippen LogP contribution in [0.15, 0.2) is 42.7 Å². The maximum atomic E-state index is 12.9. The Bertz CT molecular complexity index is 920. The van der Waals surface area contributed by atoms with Crippen molar-refractivity contribution >= 4 is 5.91 Å². The molecule has 1 aliphatic heterocycles. The summed E-state index contributed by atoms with van der Waals surface area (Å²) in [5, 5.41) is 11.5. The normalized spacial score (nSPS) is 14.9. The molecule has 1 amide bonds. The van der Waals surface area contributed by atoms with E-state index >= 15 is 0 Å². The molecule has 0 saturated carbocycles. The van der Waals surface area contributed by atoms with Crippen molar-refractivity contribution in [3.63, 3.8) is 0 Å². The molecule has 0 radical (unpaired) electrons. The van der Waals surface area contributed by atoms with Crippen LogP contribution in [0.3, 0.4) is 0 Å². The standard InChI is InChI=1S/C18H19N7O2/c1-13-21-22-23-25(13)15-5-2-4-14(12-15)17(26)24-10-6-16(7-11-24)27-18-19-8-3-9-20-18/h2-5,8-9,12,16H,6-7,10-11H2,1H3. The Balaban J connectivity index is 1.40. The van der Waals surface area contributed by atoms with Gasteiger partial charge in [-0.25, -0.2) is 9.97 Å². The van der Waals surface area contributed by atoms with Gasteiger partial charge in [-0.05, 0) is 41.6 Å². The fourth-order valence-electron chi connectivity index (χ4n) is 3.10. The minimum absolute atomic E-state index is 0.00279. The van der Waals surface area contributed by atoms with Crippen molar-refractivity contribution in [3.05, 3.63) is 54.1 Å². The van der Waals surface area contributed by atoms with E-state index in [2.05, 4.69) is 25.5 Å². The summed E-state index contributed by atoms with van der Waals surface area (Å²) in [6.07, 6.45) is 4.82. The molecule has 27 heavy (non-hydrogen) atoms. The van der Waals surface area contributed by atoms with Crippen LogP contribution in [0.5, 0.6) is 6.01 Å². The molecular formula is C18H19N7O2. The predicted octanol–water partition coefficient (Wildman–Crippen LogP) is 1.44. The molecule has 0 aliphatic carbocycles. The predicted molar refractivity (Wildman–Crippen MR) is 95.5 cm³/mol. The summed E-state index contributed by atoms with van der Waals surface area (Å²) >= 11 is 0. The van der Waals surface area contributed by atoms with Gasteiger partial charge in [-0.1, -0.05) is 6.07 Å². The lowest BCUT2D eigenvalue weighted by Crippen LogP contribution is -2.42. The quantitative estimate of drug-likeness (QED) is 0.690. The number of benzene rings is 1. The fraction of sp³-hybridized carbons (Fsp3) is 0.333. The van der Waals surface area contributed by atoms with E-state index in [1.165, 1.54) is 0 Å². The van der Waals surface area contributed by atoms with Crippen LogP contribution in [-0.2, 0) is 0 Å². The molecule has 138 valence electrons. The molecule has 0 spiro atoms. The number of hydrogen-bond acceptors (Lipinski definition) is 7. The van der Waals surface area contributed by atoms with Crippen LogP contribution in [0.4, 0.5) is 0 Å².